The van der Waals surface area contributed by atoms with Gasteiger partial charge in [-0.3, -0.25) is 4.79 Å². The van der Waals surface area contributed by atoms with Crippen LogP contribution in [0.3, 0.4) is 0 Å². The van der Waals surface area contributed by atoms with Crippen LogP contribution in [0.5, 0.6) is 0 Å². The Labute approximate surface area is 79.5 Å². The fourth-order valence-corrected chi connectivity index (χ4v) is 0.903. The summed E-state index contributed by atoms with van der Waals surface area (Å²) < 4.78 is 0. The van der Waals surface area contributed by atoms with Gasteiger partial charge in [-0.25, -0.2) is 0 Å². The van der Waals surface area contributed by atoms with Crippen molar-refractivity contribution in [3.8, 4) is 11.8 Å². The highest BCUT2D eigenvalue weighted by molar-refractivity contribution is 6.30. The molecule has 0 bridgehead atoms. The average Bonchev–Trinajstić information content (AvgIpc) is 2.07. The molecule has 0 spiro atoms. The molecule has 0 aromatic carbocycles. The van der Waals surface area contributed by atoms with Gasteiger partial charge in [-0.1, -0.05) is 23.4 Å². The van der Waals surface area contributed by atoms with Gasteiger partial charge in [-0.15, -0.1) is 11.6 Å². The van der Waals surface area contributed by atoms with E-state index in [9.17, 15) is 4.79 Å². The Balaban J connectivity index is 3.05. The minimum atomic E-state index is -0.312. The first-order valence-corrected chi connectivity index (χ1v) is 4.08. The van der Waals surface area contributed by atoms with Crippen LogP contribution in [-0.2, 0) is 0 Å². The second-order valence-corrected chi connectivity index (χ2v) is 2.68. The van der Waals surface area contributed by atoms with Crippen LogP contribution in [0, 0.1) is 11.8 Å². The summed E-state index contributed by atoms with van der Waals surface area (Å²) in [4.78, 5) is 13.2. The number of H-pyrrole nitrogens is 1. The predicted octanol–water partition coefficient (Wildman–Crippen LogP) is 1.62. The van der Waals surface area contributed by atoms with Crippen LogP contribution in [-0.4, -0.2) is 10.9 Å². The smallest absolute Gasteiger partial charge is 0.266 e. The molecule has 0 saturated heterocycles. The zero-order chi connectivity index (χ0) is 8.97. The molecule has 0 aliphatic heterocycles. The lowest BCUT2D eigenvalue weighted by Crippen LogP contribution is -2.04. The van der Waals surface area contributed by atoms with E-state index >= 15 is 0 Å². The van der Waals surface area contributed by atoms with E-state index in [4.69, 9.17) is 23.2 Å². The highest BCUT2D eigenvalue weighted by Crippen LogP contribution is 2.01. The number of hydrogen-bond donors (Lipinski definition) is 1. The maximum atomic E-state index is 10.8. The van der Waals surface area contributed by atoms with E-state index in [0.29, 0.717) is 5.56 Å². The lowest BCUT2D eigenvalue weighted by atomic mass is 10.3. The minimum absolute atomic E-state index is 0.136. The second-order valence-electron chi connectivity index (χ2n) is 2.00. The van der Waals surface area contributed by atoms with Crippen LogP contribution in [0.4, 0.5) is 0 Å². The molecule has 0 radical (unpaired) electrons. The fourth-order valence-electron chi connectivity index (χ4n) is 0.664. The first kappa shape index (κ1) is 9.18. The Morgan fingerprint density at radius 3 is 2.92 bits per heavy atom. The van der Waals surface area contributed by atoms with Crippen molar-refractivity contribution in [3.05, 3.63) is 33.2 Å². The third-order valence-electron chi connectivity index (χ3n) is 1.16. The Morgan fingerprint density at radius 2 is 2.33 bits per heavy atom. The minimum Gasteiger partial charge on any atom is -0.327 e. The first-order valence-electron chi connectivity index (χ1n) is 3.17. The summed E-state index contributed by atoms with van der Waals surface area (Å²) in [5.41, 5.74) is 0.341. The van der Waals surface area contributed by atoms with E-state index in [-0.39, 0.29) is 16.5 Å². The standard InChI is InChI=1S/C8H5Cl2NO/c9-3-1-2-6-4-7(10)8(12)11-5-6/h4-5H,3H2,(H,11,12). The Bertz CT molecular complexity index is 386. The number of aromatic amines is 1. The van der Waals surface area contributed by atoms with Crippen LogP contribution >= 0.6 is 23.2 Å². The molecule has 62 valence electrons. The quantitative estimate of drug-likeness (QED) is 0.503. The van der Waals surface area contributed by atoms with Crippen LogP contribution in [0.25, 0.3) is 0 Å². The molecular formula is C8H5Cl2NO. The van der Waals surface area contributed by atoms with Gasteiger partial charge in [0.1, 0.15) is 5.02 Å². The maximum absolute atomic E-state index is 10.8. The molecule has 2 nitrogen and oxygen atoms in total. The van der Waals surface area contributed by atoms with Crippen molar-refractivity contribution in [1.82, 2.24) is 4.98 Å². The average molecular weight is 202 g/mol. The van der Waals surface area contributed by atoms with Crippen molar-refractivity contribution in [2.24, 2.45) is 0 Å². The molecule has 0 amide bonds. The second kappa shape index (κ2) is 4.20. The molecule has 0 fully saturated rings. The van der Waals surface area contributed by atoms with Crippen molar-refractivity contribution in [2.45, 2.75) is 0 Å². The molecule has 1 heterocycles. The largest absolute Gasteiger partial charge is 0.327 e. The van der Waals surface area contributed by atoms with Gasteiger partial charge in [-0.05, 0) is 6.07 Å². The van der Waals surface area contributed by atoms with Crippen LogP contribution in [0.15, 0.2) is 17.1 Å². The van der Waals surface area contributed by atoms with E-state index in [2.05, 4.69) is 16.8 Å². The highest BCUT2D eigenvalue weighted by atomic mass is 35.5. The first-order chi connectivity index (χ1) is 5.74. The summed E-state index contributed by atoms with van der Waals surface area (Å²) in [5, 5.41) is 0.136. The Kier molecular flexibility index (Phi) is 3.21. The van der Waals surface area contributed by atoms with Crippen LogP contribution in [0.2, 0.25) is 5.02 Å². The number of hydrogen-bond acceptors (Lipinski definition) is 1. The number of rotatable bonds is 0. The molecule has 1 aromatic heterocycles. The fraction of sp³-hybridized carbons (Fsp3) is 0.125. The van der Waals surface area contributed by atoms with E-state index in [0.717, 1.165) is 0 Å². The van der Waals surface area contributed by atoms with Crippen LogP contribution in [0.1, 0.15) is 5.56 Å². The van der Waals surface area contributed by atoms with Gasteiger partial charge in [0.25, 0.3) is 5.56 Å². The predicted molar refractivity (Wildman–Crippen MR) is 49.7 cm³/mol. The van der Waals surface area contributed by atoms with Crippen molar-refractivity contribution in [1.29, 1.82) is 0 Å². The molecular weight excluding hydrogens is 197 g/mol. The summed E-state index contributed by atoms with van der Waals surface area (Å²) in [6.45, 7) is 0. The molecule has 1 N–H and O–H groups in total. The molecule has 12 heavy (non-hydrogen) atoms. The number of halogens is 2. The van der Waals surface area contributed by atoms with Gasteiger partial charge >= 0.3 is 0 Å². The number of alkyl halides is 1. The van der Waals surface area contributed by atoms with Crippen molar-refractivity contribution >= 4 is 23.2 Å². The monoisotopic (exact) mass is 201 g/mol. The topological polar surface area (TPSA) is 32.9 Å². The molecule has 0 aliphatic carbocycles. The molecule has 4 heteroatoms. The van der Waals surface area contributed by atoms with Gasteiger partial charge in [0.2, 0.25) is 0 Å². The Hall–Kier alpha value is -0.910. The summed E-state index contributed by atoms with van der Waals surface area (Å²) in [7, 11) is 0. The summed E-state index contributed by atoms with van der Waals surface area (Å²) >= 11 is 10.9. The van der Waals surface area contributed by atoms with Crippen LogP contribution < -0.4 is 5.56 Å². The molecule has 0 atom stereocenters. The summed E-state index contributed by atoms with van der Waals surface area (Å²) in [6, 6.07) is 1.50. The number of aromatic nitrogens is 1. The summed E-state index contributed by atoms with van der Waals surface area (Å²) in [6.07, 6.45) is 1.49. The SMILES string of the molecule is O=c1[nH]cc(C#CCCl)cc1Cl. The zero-order valence-corrected chi connectivity index (χ0v) is 7.54. The van der Waals surface area contributed by atoms with E-state index < -0.39 is 0 Å². The van der Waals surface area contributed by atoms with Crippen molar-refractivity contribution < 1.29 is 0 Å². The number of pyridine rings is 1. The van der Waals surface area contributed by atoms with Crippen molar-refractivity contribution in [2.75, 3.05) is 5.88 Å². The highest BCUT2D eigenvalue weighted by Gasteiger charge is 1.94. The lowest BCUT2D eigenvalue weighted by molar-refractivity contribution is 1.23. The molecule has 0 unspecified atom stereocenters. The van der Waals surface area contributed by atoms with Gasteiger partial charge in [0.05, 0.1) is 5.88 Å². The van der Waals surface area contributed by atoms with Gasteiger partial charge in [0, 0.05) is 11.8 Å². The van der Waals surface area contributed by atoms with Gasteiger partial charge in [0.15, 0.2) is 0 Å². The third kappa shape index (κ3) is 2.30. The maximum Gasteiger partial charge on any atom is 0.266 e. The zero-order valence-electron chi connectivity index (χ0n) is 6.03. The number of nitrogens with one attached hydrogen (secondary N) is 1. The van der Waals surface area contributed by atoms with E-state index in [1.807, 2.05) is 0 Å². The molecule has 1 aromatic rings. The molecule has 0 saturated carbocycles. The molecule has 1 rings (SSSR count). The summed E-state index contributed by atoms with van der Waals surface area (Å²) in [5.74, 6) is 5.63. The normalized spacial score (nSPS) is 8.83. The van der Waals surface area contributed by atoms with Gasteiger partial charge < -0.3 is 4.98 Å². The lowest BCUT2D eigenvalue weighted by Gasteiger charge is -1.89. The van der Waals surface area contributed by atoms with E-state index in [1.165, 1.54) is 12.3 Å². The Morgan fingerprint density at radius 1 is 1.58 bits per heavy atom. The third-order valence-corrected chi connectivity index (χ3v) is 1.57. The molecule has 0 aliphatic rings. The van der Waals surface area contributed by atoms with E-state index in [1.54, 1.807) is 0 Å². The van der Waals surface area contributed by atoms with Crippen molar-refractivity contribution in [3.63, 3.8) is 0 Å². The van der Waals surface area contributed by atoms with Gasteiger partial charge in [-0.2, -0.15) is 0 Å².